The van der Waals surface area contributed by atoms with Crippen LogP contribution in [0.1, 0.15) is 30.7 Å². The number of urea groups is 1. The van der Waals surface area contributed by atoms with Gasteiger partial charge in [-0.1, -0.05) is 55.0 Å². The van der Waals surface area contributed by atoms with Crippen molar-refractivity contribution in [2.24, 2.45) is 0 Å². The number of nitrogens with one attached hydrogen (secondary N) is 1. The van der Waals surface area contributed by atoms with Crippen LogP contribution in [0.3, 0.4) is 0 Å². The van der Waals surface area contributed by atoms with Gasteiger partial charge in [0.15, 0.2) is 0 Å². The van der Waals surface area contributed by atoms with Gasteiger partial charge in [0.05, 0.1) is 6.54 Å². The SMILES string of the molecule is O=C(Nc1ccccc1)N(Cc1ccccc1)c1nnc2n1CCCCC2. The molecule has 0 saturated carbocycles. The number of fused-ring (bicyclic) bond motifs is 1. The van der Waals surface area contributed by atoms with Crippen LogP contribution in [0.25, 0.3) is 0 Å². The lowest BCUT2D eigenvalue weighted by molar-refractivity contribution is 0.256. The number of anilines is 2. The molecule has 0 radical (unpaired) electrons. The van der Waals surface area contributed by atoms with Crippen molar-refractivity contribution in [2.45, 2.75) is 38.8 Å². The molecule has 6 heteroatoms. The smallest absolute Gasteiger partial charge is 0.307 e. The van der Waals surface area contributed by atoms with Gasteiger partial charge < -0.3 is 5.32 Å². The molecule has 2 amide bonds. The van der Waals surface area contributed by atoms with E-state index in [-0.39, 0.29) is 6.03 Å². The normalized spacial score (nSPS) is 13.5. The average Bonchev–Trinajstić information content (AvgIpc) is 2.95. The van der Waals surface area contributed by atoms with E-state index >= 15 is 0 Å². The number of rotatable bonds is 4. The summed E-state index contributed by atoms with van der Waals surface area (Å²) in [6, 6.07) is 19.2. The zero-order valence-corrected chi connectivity index (χ0v) is 15.2. The summed E-state index contributed by atoms with van der Waals surface area (Å²) in [4.78, 5) is 14.8. The van der Waals surface area contributed by atoms with E-state index in [9.17, 15) is 4.79 Å². The summed E-state index contributed by atoms with van der Waals surface area (Å²) in [5, 5.41) is 11.7. The molecular formula is C21H23N5O. The van der Waals surface area contributed by atoms with Gasteiger partial charge in [0.2, 0.25) is 5.95 Å². The quantitative estimate of drug-likeness (QED) is 0.756. The molecule has 4 rings (SSSR count). The van der Waals surface area contributed by atoms with Crippen molar-refractivity contribution in [1.29, 1.82) is 0 Å². The van der Waals surface area contributed by atoms with Crippen molar-refractivity contribution in [2.75, 3.05) is 10.2 Å². The van der Waals surface area contributed by atoms with Gasteiger partial charge in [0, 0.05) is 18.7 Å². The highest BCUT2D eigenvalue weighted by molar-refractivity contribution is 6.00. The molecule has 1 N–H and O–H groups in total. The van der Waals surface area contributed by atoms with E-state index in [1.807, 2.05) is 60.7 Å². The number of para-hydroxylation sites is 1. The Hall–Kier alpha value is -3.15. The third kappa shape index (κ3) is 4.00. The maximum atomic E-state index is 13.1. The molecule has 1 aliphatic rings. The van der Waals surface area contributed by atoms with Crippen molar-refractivity contribution in [3.63, 3.8) is 0 Å². The minimum atomic E-state index is -0.204. The molecule has 0 atom stereocenters. The van der Waals surface area contributed by atoms with E-state index < -0.39 is 0 Å². The summed E-state index contributed by atoms with van der Waals surface area (Å²) in [7, 11) is 0. The number of aryl methyl sites for hydroxylation is 1. The van der Waals surface area contributed by atoms with Crippen LogP contribution in [0.15, 0.2) is 60.7 Å². The lowest BCUT2D eigenvalue weighted by atomic mass is 10.2. The lowest BCUT2D eigenvalue weighted by Gasteiger charge is -2.23. The van der Waals surface area contributed by atoms with Gasteiger partial charge >= 0.3 is 6.03 Å². The number of aromatic nitrogens is 3. The molecule has 0 spiro atoms. The molecule has 138 valence electrons. The van der Waals surface area contributed by atoms with Crippen LogP contribution in [0.4, 0.5) is 16.4 Å². The first-order valence-electron chi connectivity index (χ1n) is 9.41. The maximum Gasteiger partial charge on any atom is 0.329 e. The van der Waals surface area contributed by atoms with Crippen LogP contribution in [-0.2, 0) is 19.5 Å². The Balaban J connectivity index is 1.66. The maximum absolute atomic E-state index is 13.1. The fraction of sp³-hybridized carbons (Fsp3) is 0.286. The molecule has 0 bridgehead atoms. The molecule has 3 aromatic rings. The summed E-state index contributed by atoms with van der Waals surface area (Å²) < 4.78 is 2.10. The topological polar surface area (TPSA) is 63.1 Å². The number of benzene rings is 2. The number of carbonyl (C=O) groups is 1. The summed E-state index contributed by atoms with van der Waals surface area (Å²) in [6.45, 7) is 1.29. The summed E-state index contributed by atoms with van der Waals surface area (Å²) in [5.41, 5.74) is 1.81. The van der Waals surface area contributed by atoms with Crippen LogP contribution in [0.5, 0.6) is 0 Å². The molecule has 1 aliphatic heterocycles. The molecule has 0 unspecified atom stereocenters. The van der Waals surface area contributed by atoms with Crippen LogP contribution >= 0.6 is 0 Å². The average molecular weight is 361 g/mol. The van der Waals surface area contributed by atoms with Gasteiger partial charge in [0.25, 0.3) is 0 Å². The molecule has 0 aliphatic carbocycles. The molecule has 2 heterocycles. The number of hydrogen-bond donors (Lipinski definition) is 1. The Morgan fingerprint density at radius 1 is 0.963 bits per heavy atom. The van der Waals surface area contributed by atoms with Gasteiger partial charge in [-0.3, -0.25) is 9.47 Å². The monoisotopic (exact) mass is 361 g/mol. The predicted molar refractivity (Wildman–Crippen MR) is 106 cm³/mol. The Kier molecular flexibility index (Phi) is 5.14. The number of carbonyl (C=O) groups excluding carboxylic acids is 1. The van der Waals surface area contributed by atoms with Crippen molar-refractivity contribution in [3.8, 4) is 0 Å². The van der Waals surface area contributed by atoms with E-state index in [0.29, 0.717) is 12.5 Å². The molecule has 27 heavy (non-hydrogen) atoms. The Bertz CT molecular complexity index is 891. The van der Waals surface area contributed by atoms with Gasteiger partial charge in [-0.05, 0) is 30.5 Å². The zero-order valence-electron chi connectivity index (χ0n) is 15.2. The highest BCUT2D eigenvalue weighted by Crippen LogP contribution is 2.22. The summed E-state index contributed by atoms with van der Waals surface area (Å²) in [5.74, 6) is 1.58. The van der Waals surface area contributed by atoms with Crippen molar-refractivity contribution >= 4 is 17.7 Å². The Labute approximate surface area is 158 Å². The second-order valence-electron chi connectivity index (χ2n) is 6.75. The van der Waals surface area contributed by atoms with E-state index in [1.165, 1.54) is 6.42 Å². The summed E-state index contributed by atoms with van der Waals surface area (Å²) >= 11 is 0. The molecule has 0 fully saturated rings. The highest BCUT2D eigenvalue weighted by Gasteiger charge is 2.25. The fourth-order valence-electron chi connectivity index (χ4n) is 3.38. The van der Waals surface area contributed by atoms with Crippen molar-refractivity contribution in [1.82, 2.24) is 14.8 Å². The summed E-state index contributed by atoms with van der Waals surface area (Å²) in [6.07, 6.45) is 4.29. The molecule has 0 saturated heterocycles. The minimum Gasteiger partial charge on any atom is -0.307 e. The standard InChI is InChI=1S/C21H23N5O/c27-21(22-18-12-6-2-7-13-18)26(16-17-10-4-1-5-11-17)20-24-23-19-14-8-3-9-15-25(19)20/h1-2,4-7,10-13H,3,8-9,14-16H2,(H,22,27). The molecule has 6 nitrogen and oxygen atoms in total. The van der Waals surface area contributed by atoms with E-state index in [2.05, 4.69) is 20.1 Å². The first-order chi connectivity index (χ1) is 13.3. The third-order valence-electron chi connectivity index (χ3n) is 4.79. The van der Waals surface area contributed by atoms with Gasteiger partial charge in [-0.25, -0.2) is 4.79 Å². The fourth-order valence-corrected chi connectivity index (χ4v) is 3.38. The van der Waals surface area contributed by atoms with Crippen LogP contribution < -0.4 is 10.2 Å². The first-order valence-corrected chi connectivity index (χ1v) is 9.41. The second kappa shape index (κ2) is 8.03. The van der Waals surface area contributed by atoms with Gasteiger partial charge in [0.1, 0.15) is 5.82 Å². The number of amides is 2. The largest absolute Gasteiger partial charge is 0.329 e. The zero-order chi connectivity index (χ0) is 18.5. The predicted octanol–water partition coefficient (Wildman–Crippen LogP) is 4.24. The van der Waals surface area contributed by atoms with Crippen LogP contribution in [0.2, 0.25) is 0 Å². The van der Waals surface area contributed by atoms with Crippen molar-refractivity contribution < 1.29 is 4.79 Å². The van der Waals surface area contributed by atoms with Crippen LogP contribution in [-0.4, -0.2) is 20.8 Å². The number of hydrogen-bond acceptors (Lipinski definition) is 3. The van der Waals surface area contributed by atoms with E-state index in [0.717, 1.165) is 42.9 Å². The van der Waals surface area contributed by atoms with E-state index in [1.54, 1.807) is 4.90 Å². The Morgan fingerprint density at radius 3 is 2.48 bits per heavy atom. The van der Waals surface area contributed by atoms with Gasteiger partial charge in [-0.15, -0.1) is 10.2 Å². The van der Waals surface area contributed by atoms with Crippen LogP contribution in [0, 0.1) is 0 Å². The third-order valence-corrected chi connectivity index (χ3v) is 4.79. The van der Waals surface area contributed by atoms with E-state index in [4.69, 9.17) is 0 Å². The Morgan fingerprint density at radius 2 is 1.70 bits per heavy atom. The second-order valence-corrected chi connectivity index (χ2v) is 6.75. The highest BCUT2D eigenvalue weighted by atomic mass is 16.2. The molecule has 2 aromatic carbocycles. The van der Waals surface area contributed by atoms with Gasteiger partial charge in [-0.2, -0.15) is 0 Å². The molecular weight excluding hydrogens is 338 g/mol. The minimum absolute atomic E-state index is 0.204. The number of nitrogens with zero attached hydrogens (tertiary/aromatic N) is 4. The lowest BCUT2D eigenvalue weighted by Crippen LogP contribution is -2.36. The first kappa shape index (κ1) is 17.3. The van der Waals surface area contributed by atoms with Crippen molar-refractivity contribution in [3.05, 3.63) is 72.1 Å². The molecule has 1 aromatic heterocycles.